The number of nitrogens with one attached hydrogen (secondary N) is 2. The predicted octanol–water partition coefficient (Wildman–Crippen LogP) is 1.55. The Morgan fingerprint density at radius 3 is 3.12 bits per heavy atom. The third-order valence-electron chi connectivity index (χ3n) is 4.79. The van der Waals surface area contributed by atoms with Gasteiger partial charge in [0.15, 0.2) is 5.65 Å². The summed E-state index contributed by atoms with van der Waals surface area (Å²) < 4.78 is 0. The normalized spacial score (nSPS) is 19.7. The standard InChI is InChI=1S/C18H20N8/c1-12-3-2-4-13(7-12)21-9-18(20)5-6-26(10-18)17-15-14(8-19)24-25-16(15)22-11-23-17/h2-4,7,11,21H,5-6,9-10,20H2,1H3,(H,22,23,24,25). The minimum absolute atomic E-state index is 0.377. The maximum Gasteiger partial charge on any atom is 0.187 e. The zero-order valence-electron chi connectivity index (χ0n) is 14.5. The fourth-order valence-electron chi connectivity index (χ4n) is 3.42. The highest BCUT2D eigenvalue weighted by molar-refractivity contribution is 5.91. The van der Waals surface area contributed by atoms with Crippen molar-refractivity contribution in [1.82, 2.24) is 20.2 Å². The lowest BCUT2D eigenvalue weighted by Gasteiger charge is -2.26. The summed E-state index contributed by atoms with van der Waals surface area (Å²) in [6.45, 7) is 4.15. The van der Waals surface area contributed by atoms with E-state index in [2.05, 4.69) is 55.5 Å². The third kappa shape index (κ3) is 2.93. The van der Waals surface area contributed by atoms with Gasteiger partial charge in [0.2, 0.25) is 0 Å². The number of H-pyrrole nitrogens is 1. The number of hydrogen-bond acceptors (Lipinski definition) is 7. The van der Waals surface area contributed by atoms with Crippen LogP contribution in [0.4, 0.5) is 11.5 Å². The Kier molecular flexibility index (Phi) is 3.93. The molecule has 4 rings (SSSR count). The van der Waals surface area contributed by atoms with Crippen molar-refractivity contribution in [3.8, 4) is 6.07 Å². The van der Waals surface area contributed by atoms with E-state index in [1.54, 1.807) is 0 Å². The number of aromatic amines is 1. The Morgan fingerprint density at radius 1 is 1.42 bits per heavy atom. The van der Waals surface area contributed by atoms with Crippen molar-refractivity contribution in [2.24, 2.45) is 5.73 Å². The van der Waals surface area contributed by atoms with Crippen molar-refractivity contribution in [2.45, 2.75) is 18.9 Å². The Morgan fingerprint density at radius 2 is 2.31 bits per heavy atom. The number of benzene rings is 1. The number of nitrogens with zero attached hydrogens (tertiary/aromatic N) is 5. The molecule has 0 bridgehead atoms. The molecular weight excluding hydrogens is 328 g/mol. The molecule has 1 unspecified atom stereocenters. The van der Waals surface area contributed by atoms with Crippen LogP contribution in [0.1, 0.15) is 17.7 Å². The quantitative estimate of drug-likeness (QED) is 0.654. The average Bonchev–Trinajstić information content (AvgIpc) is 3.24. The molecule has 0 saturated carbocycles. The SMILES string of the molecule is Cc1cccc(NCC2(N)CCN(c3ncnc4n[nH]c(C#N)c34)C2)c1. The molecule has 1 atom stereocenters. The van der Waals surface area contributed by atoms with Crippen LogP contribution in [0.5, 0.6) is 0 Å². The molecule has 1 fully saturated rings. The van der Waals surface area contributed by atoms with E-state index in [1.165, 1.54) is 11.9 Å². The van der Waals surface area contributed by atoms with Gasteiger partial charge in [-0.25, -0.2) is 9.97 Å². The van der Waals surface area contributed by atoms with Crippen molar-refractivity contribution < 1.29 is 0 Å². The van der Waals surface area contributed by atoms with Gasteiger partial charge in [-0.3, -0.25) is 5.10 Å². The first kappa shape index (κ1) is 16.3. The van der Waals surface area contributed by atoms with Crippen molar-refractivity contribution in [2.75, 3.05) is 29.9 Å². The molecule has 8 nitrogen and oxygen atoms in total. The minimum atomic E-state index is -0.377. The number of nitrogens with two attached hydrogens (primary N) is 1. The Hall–Kier alpha value is -3.18. The topological polar surface area (TPSA) is 120 Å². The first-order chi connectivity index (χ1) is 12.6. The van der Waals surface area contributed by atoms with Gasteiger partial charge in [0.1, 0.15) is 23.9 Å². The number of aromatic nitrogens is 4. The van der Waals surface area contributed by atoms with Crippen molar-refractivity contribution in [3.63, 3.8) is 0 Å². The monoisotopic (exact) mass is 348 g/mol. The molecular formula is C18H20N8. The van der Waals surface area contributed by atoms with Crippen LogP contribution in [0.3, 0.4) is 0 Å². The van der Waals surface area contributed by atoms with Gasteiger partial charge >= 0.3 is 0 Å². The molecule has 1 aromatic carbocycles. The van der Waals surface area contributed by atoms with E-state index in [9.17, 15) is 5.26 Å². The van der Waals surface area contributed by atoms with E-state index in [-0.39, 0.29) is 5.54 Å². The predicted molar refractivity (Wildman–Crippen MR) is 99.8 cm³/mol. The van der Waals surface area contributed by atoms with E-state index >= 15 is 0 Å². The van der Waals surface area contributed by atoms with Crippen LogP contribution >= 0.6 is 0 Å². The van der Waals surface area contributed by atoms with Gasteiger partial charge in [0.25, 0.3) is 0 Å². The number of anilines is 2. The van der Waals surface area contributed by atoms with E-state index in [4.69, 9.17) is 5.73 Å². The van der Waals surface area contributed by atoms with Gasteiger partial charge < -0.3 is 16.0 Å². The van der Waals surface area contributed by atoms with Crippen LogP contribution in [-0.2, 0) is 0 Å². The van der Waals surface area contributed by atoms with E-state index in [0.717, 1.165) is 18.7 Å². The maximum absolute atomic E-state index is 9.30. The molecule has 8 heteroatoms. The minimum Gasteiger partial charge on any atom is -0.383 e. The van der Waals surface area contributed by atoms with Gasteiger partial charge in [-0.05, 0) is 31.0 Å². The number of nitriles is 1. The van der Waals surface area contributed by atoms with Gasteiger partial charge in [0, 0.05) is 25.3 Å². The number of aryl methyl sites for hydroxylation is 1. The van der Waals surface area contributed by atoms with Crippen molar-refractivity contribution in [1.29, 1.82) is 5.26 Å². The highest BCUT2D eigenvalue weighted by atomic mass is 15.3. The van der Waals surface area contributed by atoms with Crippen molar-refractivity contribution in [3.05, 3.63) is 41.9 Å². The summed E-state index contributed by atoms with van der Waals surface area (Å²) in [4.78, 5) is 10.6. The average molecular weight is 348 g/mol. The highest BCUT2D eigenvalue weighted by Crippen LogP contribution is 2.30. The lowest BCUT2D eigenvalue weighted by atomic mass is 10.00. The summed E-state index contributed by atoms with van der Waals surface area (Å²) in [7, 11) is 0. The van der Waals surface area contributed by atoms with Crippen LogP contribution in [-0.4, -0.2) is 45.3 Å². The smallest absolute Gasteiger partial charge is 0.187 e. The fraction of sp³-hybridized carbons (Fsp3) is 0.333. The summed E-state index contributed by atoms with van der Waals surface area (Å²) >= 11 is 0. The third-order valence-corrected chi connectivity index (χ3v) is 4.79. The molecule has 2 aromatic heterocycles. The van der Waals surface area contributed by atoms with Crippen LogP contribution in [0.25, 0.3) is 11.0 Å². The maximum atomic E-state index is 9.30. The summed E-state index contributed by atoms with van der Waals surface area (Å²) in [6, 6.07) is 10.4. The van der Waals surface area contributed by atoms with Crippen LogP contribution in [0.2, 0.25) is 0 Å². The van der Waals surface area contributed by atoms with E-state index in [0.29, 0.717) is 35.6 Å². The molecule has 1 saturated heterocycles. The van der Waals surface area contributed by atoms with Crippen molar-refractivity contribution >= 4 is 22.5 Å². The second-order valence-electron chi connectivity index (χ2n) is 6.86. The lowest BCUT2D eigenvalue weighted by Crippen LogP contribution is -2.48. The first-order valence-electron chi connectivity index (χ1n) is 8.51. The highest BCUT2D eigenvalue weighted by Gasteiger charge is 2.36. The Bertz CT molecular complexity index is 988. The van der Waals surface area contributed by atoms with Crippen LogP contribution in [0, 0.1) is 18.3 Å². The number of hydrogen-bond donors (Lipinski definition) is 3. The fourth-order valence-corrected chi connectivity index (χ4v) is 3.42. The molecule has 26 heavy (non-hydrogen) atoms. The second kappa shape index (κ2) is 6.28. The Balaban J connectivity index is 1.53. The zero-order valence-corrected chi connectivity index (χ0v) is 14.5. The van der Waals surface area contributed by atoms with E-state index in [1.807, 2.05) is 12.1 Å². The van der Waals surface area contributed by atoms with E-state index < -0.39 is 0 Å². The van der Waals surface area contributed by atoms with Gasteiger partial charge in [-0.2, -0.15) is 10.4 Å². The van der Waals surface area contributed by atoms with Crippen LogP contribution < -0.4 is 16.0 Å². The molecule has 0 amide bonds. The summed E-state index contributed by atoms with van der Waals surface area (Å²) in [5.74, 6) is 0.711. The van der Waals surface area contributed by atoms with Gasteiger partial charge in [0.05, 0.1) is 10.9 Å². The molecule has 1 aliphatic rings. The number of rotatable bonds is 4. The molecule has 0 spiro atoms. The molecule has 132 valence electrons. The first-order valence-corrected chi connectivity index (χ1v) is 8.51. The lowest BCUT2D eigenvalue weighted by molar-refractivity contribution is 0.499. The molecule has 0 aliphatic carbocycles. The molecule has 3 heterocycles. The number of fused-ring (bicyclic) bond motifs is 1. The zero-order chi connectivity index (χ0) is 18.1. The molecule has 4 N–H and O–H groups in total. The summed E-state index contributed by atoms with van der Waals surface area (Å²) in [5, 5.41) is 20.2. The summed E-state index contributed by atoms with van der Waals surface area (Å²) in [6.07, 6.45) is 2.30. The second-order valence-corrected chi connectivity index (χ2v) is 6.86. The Labute approximate surface area is 151 Å². The van der Waals surface area contributed by atoms with Crippen LogP contribution in [0.15, 0.2) is 30.6 Å². The molecule has 3 aromatic rings. The summed E-state index contributed by atoms with van der Waals surface area (Å²) in [5.41, 5.74) is 9.40. The van der Waals surface area contributed by atoms with Gasteiger partial charge in [-0.15, -0.1) is 0 Å². The molecule has 1 aliphatic heterocycles. The largest absolute Gasteiger partial charge is 0.383 e. The van der Waals surface area contributed by atoms with Gasteiger partial charge in [-0.1, -0.05) is 12.1 Å². The molecule has 0 radical (unpaired) electrons.